The third-order valence-corrected chi connectivity index (χ3v) is 13.2. The zero-order valence-electron chi connectivity index (χ0n) is 22.5. The van der Waals surface area contributed by atoms with Crippen LogP contribution >= 0.6 is 0 Å². The zero-order valence-corrected chi connectivity index (χ0v) is 22.5. The minimum Gasteiger partial charge on any atom is -0.396 e. The minimum absolute atomic E-state index is 0.0136. The number of hydrogen-bond acceptors (Lipinski definition) is 4. The summed E-state index contributed by atoms with van der Waals surface area (Å²) >= 11 is 0. The highest BCUT2D eigenvalue weighted by atomic mass is 16.3. The van der Waals surface area contributed by atoms with Gasteiger partial charge in [-0.05, 0) is 116 Å². The summed E-state index contributed by atoms with van der Waals surface area (Å²) in [4.78, 5) is 0. The number of aliphatic hydroxyl groups is 4. The Labute approximate surface area is 207 Å². The number of aliphatic hydroxyl groups excluding tert-OH is 4. The lowest BCUT2D eigenvalue weighted by Gasteiger charge is -2.63. The van der Waals surface area contributed by atoms with Crippen molar-refractivity contribution >= 4 is 0 Å². The molecule has 0 unspecified atom stereocenters. The molecule has 0 aliphatic heterocycles. The van der Waals surface area contributed by atoms with Gasteiger partial charge >= 0.3 is 0 Å². The van der Waals surface area contributed by atoms with Gasteiger partial charge < -0.3 is 20.4 Å². The average molecular weight is 475 g/mol. The van der Waals surface area contributed by atoms with Crippen LogP contribution in [0.4, 0.5) is 0 Å². The van der Waals surface area contributed by atoms with Crippen molar-refractivity contribution in [1.29, 1.82) is 0 Å². The number of rotatable bonds is 5. The fourth-order valence-electron chi connectivity index (χ4n) is 11.2. The first-order valence-electron chi connectivity index (χ1n) is 14.1. The monoisotopic (exact) mass is 474 g/mol. The Morgan fingerprint density at radius 1 is 0.853 bits per heavy atom. The Morgan fingerprint density at radius 3 is 2.15 bits per heavy atom. The van der Waals surface area contributed by atoms with Gasteiger partial charge in [-0.15, -0.1) is 0 Å². The molecule has 0 aromatic rings. The lowest BCUT2D eigenvalue weighted by atomic mass is 9.41. The predicted octanol–water partition coefficient (Wildman–Crippen LogP) is 5.08. The molecule has 0 radical (unpaired) electrons. The number of hydrogen-bond donors (Lipinski definition) is 4. The van der Waals surface area contributed by atoms with Gasteiger partial charge in [0.15, 0.2) is 0 Å². The lowest BCUT2D eigenvalue weighted by molar-refractivity contribution is -0.167. The molecule has 5 aliphatic carbocycles. The van der Waals surface area contributed by atoms with E-state index < -0.39 is 12.2 Å². The van der Waals surface area contributed by atoms with Crippen LogP contribution in [0, 0.1) is 50.7 Å². The summed E-state index contributed by atoms with van der Waals surface area (Å²) in [5.74, 6) is 1.27. The molecule has 0 amide bonds. The van der Waals surface area contributed by atoms with E-state index in [0.29, 0.717) is 22.7 Å². The largest absolute Gasteiger partial charge is 0.396 e. The van der Waals surface area contributed by atoms with Gasteiger partial charge in [-0.3, -0.25) is 0 Å². The van der Waals surface area contributed by atoms with Gasteiger partial charge in [-0.1, -0.05) is 39.3 Å². The summed E-state index contributed by atoms with van der Waals surface area (Å²) in [7, 11) is 0. The normalized spacial score (nSPS) is 51.2. The van der Waals surface area contributed by atoms with E-state index in [9.17, 15) is 20.4 Å². The van der Waals surface area contributed by atoms with Gasteiger partial charge in [0.1, 0.15) is 0 Å². The van der Waals surface area contributed by atoms with E-state index in [2.05, 4.69) is 27.7 Å². The van der Waals surface area contributed by atoms with Crippen molar-refractivity contribution in [2.24, 2.45) is 50.7 Å². The van der Waals surface area contributed by atoms with E-state index in [-0.39, 0.29) is 40.8 Å². The first kappa shape index (κ1) is 25.2. The Hall–Kier alpha value is -0.420. The van der Waals surface area contributed by atoms with E-state index in [1.165, 1.54) is 32.1 Å². The molecule has 4 heteroatoms. The third-order valence-electron chi connectivity index (χ3n) is 13.2. The molecule has 4 N–H and O–H groups in total. The Bertz CT molecular complexity index is 847. The van der Waals surface area contributed by atoms with Crippen molar-refractivity contribution in [2.45, 2.75) is 118 Å². The Morgan fingerprint density at radius 2 is 1.50 bits per heavy atom. The Balaban J connectivity index is 1.44. The predicted molar refractivity (Wildman–Crippen MR) is 135 cm³/mol. The molecule has 11 atom stereocenters. The van der Waals surface area contributed by atoms with Crippen LogP contribution in [0.25, 0.3) is 0 Å². The van der Waals surface area contributed by atoms with Crippen LogP contribution in [0.3, 0.4) is 0 Å². The summed E-state index contributed by atoms with van der Waals surface area (Å²) < 4.78 is 0. The van der Waals surface area contributed by atoms with Crippen molar-refractivity contribution in [3.05, 3.63) is 11.6 Å². The van der Waals surface area contributed by atoms with Crippen molar-refractivity contribution < 1.29 is 20.4 Å². The fraction of sp³-hybridized carbons (Fsp3) is 0.933. The summed E-state index contributed by atoms with van der Waals surface area (Å²) in [6, 6.07) is 0. The second-order valence-electron chi connectivity index (χ2n) is 14.6. The third kappa shape index (κ3) is 2.98. The highest BCUT2D eigenvalue weighted by Gasteiger charge is 2.82. The quantitative estimate of drug-likeness (QED) is 0.419. The topological polar surface area (TPSA) is 80.9 Å². The molecule has 5 aliphatic rings. The molecule has 5 saturated carbocycles. The van der Waals surface area contributed by atoms with Gasteiger partial charge in [0.2, 0.25) is 0 Å². The molecular weight excluding hydrogens is 424 g/mol. The highest BCUT2D eigenvalue weighted by Crippen LogP contribution is 2.89. The zero-order chi connectivity index (χ0) is 24.9. The van der Waals surface area contributed by atoms with Crippen LogP contribution in [0.2, 0.25) is 0 Å². The fourth-order valence-corrected chi connectivity index (χ4v) is 11.2. The molecule has 0 saturated heterocycles. The van der Waals surface area contributed by atoms with Crippen LogP contribution in [-0.2, 0) is 0 Å². The van der Waals surface area contributed by atoms with E-state index in [1.54, 1.807) is 6.08 Å². The first-order chi connectivity index (χ1) is 15.8. The molecule has 34 heavy (non-hydrogen) atoms. The maximum absolute atomic E-state index is 11.1. The van der Waals surface area contributed by atoms with Crippen LogP contribution < -0.4 is 0 Å². The maximum Gasteiger partial charge on any atom is 0.0986 e. The first-order valence-corrected chi connectivity index (χ1v) is 14.1. The summed E-state index contributed by atoms with van der Waals surface area (Å²) in [6.07, 6.45) is 10.3. The second-order valence-corrected chi connectivity index (χ2v) is 14.6. The molecule has 5 fully saturated rings. The molecule has 0 heterocycles. The summed E-state index contributed by atoms with van der Waals surface area (Å²) in [5, 5.41) is 43.1. The van der Waals surface area contributed by atoms with Crippen LogP contribution in [-0.4, -0.2) is 45.3 Å². The summed E-state index contributed by atoms with van der Waals surface area (Å²) in [6.45, 7) is 13.4. The van der Waals surface area contributed by atoms with Crippen LogP contribution in [0.1, 0.15) is 99.3 Å². The van der Waals surface area contributed by atoms with Crippen LogP contribution in [0.5, 0.6) is 0 Å². The molecule has 194 valence electrons. The number of fused-ring (bicyclic) bond motifs is 2. The second kappa shape index (κ2) is 7.79. The van der Waals surface area contributed by atoms with Gasteiger partial charge in [0, 0.05) is 12.5 Å². The Kier molecular flexibility index (Phi) is 5.78. The van der Waals surface area contributed by atoms with E-state index in [4.69, 9.17) is 0 Å². The molecule has 5 rings (SSSR count). The van der Waals surface area contributed by atoms with E-state index in [1.807, 2.05) is 13.8 Å². The number of allylic oxidation sites excluding steroid dienone is 1. The van der Waals surface area contributed by atoms with Crippen molar-refractivity contribution in [2.75, 3.05) is 6.61 Å². The van der Waals surface area contributed by atoms with Gasteiger partial charge in [0.05, 0.1) is 18.3 Å². The molecule has 2 spiro atoms. The molecule has 0 aromatic heterocycles. The molecule has 0 aromatic carbocycles. The smallest absolute Gasteiger partial charge is 0.0986 e. The van der Waals surface area contributed by atoms with E-state index in [0.717, 1.165) is 31.3 Å². The highest BCUT2D eigenvalue weighted by molar-refractivity contribution is 5.30. The van der Waals surface area contributed by atoms with Gasteiger partial charge in [-0.2, -0.15) is 0 Å². The van der Waals surface area contributed by atoms with Crippen LogP contribution in [0.15, 0.2) is 11.6 Å². The standard InChI is InChI=1S/C30H50O4/c1-18(2)15-21(32)25(34)19(16-31)20-9-11-28(6)23-8-7-22-26(3,4)24(33)10-12-29(22)17-30(23,29)14-13-27(20,28)5/h15,19-25,31-34H,7-14,16-17H2,1-6H3/t19-,20+,21+,22-,23-,24-,25-,27+,28-,29+,30-/m0/s1. The lowest BCUT2D eigenvalue weighted by Crippen LogP contribution is -2.58. The summed E-state index contributed by atoms with van der Waals surface area (Å²) in [5.41, 5.74) is 2.14. The average Bonchev–Trinajstić information content (AvgIpc) is 3.36. The molecule has 4 nitrogen and oxygen atoms in total. The minimum atomic E-state index is -0.927. The van der Waals surface area contributed by atoms with Crippen molar-refractivity contribution in [3.8, 4) is 0 Å². The van der Waals surface area contributed by atoms with E-state index >= 15 is 0 Å². The van der Waals surface area contributed by atoms with Gasteiger partial charge in [0.25, 0.3) is 0 Å². The van der Waals surface area contributed by atoms with Crippen molar-refractivity contribution in [3.63, 3.8) is 0 Å². The van der Waals surface area contributed by atoms with Crippen molar-refractivity contribution in [1.82, 2.24) is 0 Å². The molecule has 0 bridgehead atoms. The van der Waals surface area contributed by atoms with Gasteiger partial charge in [-0.25, -0.2) is 0 Å². The molecular formula is C30H50O4. The maximum atomic E-state index is 11.1. The SMILES string of the molecule is CC(C)=C[C@@H](O)[C@@H](O)[C@@H](CO)[C@H]1CC[C@@]2(C)[C@@H]3CC[C@H]4C(C)(C)[C@@H](O)CC[C@@]45C[C@@]35CC[C@]12C.